The summed E-state index contributed by atoms with van der Waals surface area (Å²) in [6.07, 6.45) is 7.72. The smallest absolute Gasteiger partial charge is 0.223 e. The van der Waals surface area contributed by atoms with Crippen LogP contribution in [0.4, 0.5) is 4.39 Å². The first-order valence-corrected chi connectivity index (χ1v) is 5.94. The van der Waals surface area contributed by atoms with Crippen LogP contribution in [0.2, 0.25) is 0 Å². The van der Waals surface area contributed by atoms with Gasteiger partial charge in [-0.3, -0.25) is 4.79 Å². The van der Waals surface area contributed by atoms with Crippen molar-refractivity contribution in [3.63, 3.8) is 0 Å². The van der Waals surface area contributed by atoms with Crippen molar-refractivity contribution in [3.8, 4) is 0 Å². The zero-order valence-electron chi connectivity index (χ0n) is 9.29. The fraction of sp³-hybridized carbons (Fsp3) is 0.538. The van der Waals surface area contributed by atoms with Gasteiger partial charge in [0.2, 0.25) is 5.95 Å². The van der Waals surface area contributed by atoms with Crippen LogP contribution in [0.5, 0.6) is 0 Å². The highest BCUT2D eigenvalue weighted by Gasteiger charge is 2.23. The minimum absolute atomic E-state index is 0.00111. The monoisotopic (exact) mass is 221 g/mol. The van der Waals surface area contributed by atoms with E-state index in [-0.39, 0.29) is 17.3 Å². The quantitative estimate of drug-likeness (QED) is 0.435. The van der Waals surface area contributed by atoms with Crippen LogP contribution in [0.1, 0.15) is 48.9 Å². The third-order valence-electron chi connectivity index (χ3n) is 3.25. The van der Waals surface area contributed by atoms with Crippen LogP contribution < -0.4 is 0 Å². The minimum atomic E-state index is -0.628. The van der Waals surface area contributed by atoms with Gasteiger partial charge < -0.3 is 0 Å². The molecule has 0 spiro atoms. The molecule has 1 aromatic heterocycles. The molecule has 0 atom stereocenters. The van der Waals surface area contributed by atoms with Crippen molar-refractivity contribution in [1.82, 2.24) is 4.98 Å². The summed E-state index contributed by atoms with van der Waals surface area (Å²) in [7, 11) is 0. The Morgan fingerprint density at radius 3 is 2.56 bits per heavy atom. The van der Waals surface area contributed by atoms with E-state index >= 15 is 0 Å². The predicted molar refractivity (Wildman–Crippen MR) is 59.7 cm³/mol. The van der Waals surface area contributed by atoms with Crippen molar-refractivity contribution < 1.29 is 9.18 Å². The Labute approximate surface area is 94.9 Å². The summed E-state index contributed by atoms with van der Waals surface area (Å²) in [6.45, 7) is 0. The maximum atomic E-state index is 13.4. The second-order valence-corrected chi connectivity index (χ2v) is 4.39. The van der Waals surface area contributed by atoms with Gasteiger partial charge in [-0.05, 0) is 25.0 Å². The highest BCUT2D eigenvalue weighted by molar-refractivity contribution is 5.97. The van der Waals surface area contributed by atoms with Crippen LogP contribution in [0.15, 0.2) is 18.3 Å². The third kappa shape index (κ3) is 2.46. The van der Waals surface area contributed by atoms with Crippen molar-refractivity contribution in [1.29, 1.82) is 0 Å². The van der Waals surface area contributed by atoms with E-state index in [0.717, 1.165) is 25.7 Å². The second kappa shape index (κ2) is 5.19. The van der Waals surface area contributed by atoms with Crippen LogP contribution in [-0.4, -0.2) is 10.8 Å². The van der Waals surface area contributed by atoms with Gasteiger partial charge in [-0.25, -0.2) is 4.98 Å². The molecule has 3 heteroatoms. The van der Waals surface area contributed by atoms with Crippen LogP contribution in [0.3, 0.4) is 0 Å². The van der Waals surface area contributed by atoms with E-state index in [2.05, 4.69) is 4.98 Å². The molecule has 0 radical (unpaired) electrons. The zero-order chi connectivity index (χ0) is 11.4. The molecule has 1 aromatic rings. The van der Waals surface area contributed by atoms with E-state index in [1.165, 1.54) is 25.1 Å². The second-order valence-electron chi connectivity index (χ2n) is 4.39. The summed E-state index contributed by atoms with van der Waals surface area (Å²) < 4.78 is 13.4. The van der Waals surface area contributed by atoms with E-state index in [4.69, 9.17) is 0 Å². The number of Topliss-reactive ketones (excluding diaryl/α,β-unsaturated/α-hetero) is 1. The Morgan fingerprint density at radius 1 is 1.25 bits per heavy atom. The maximum Gasteiger partial charge on any atom is 0.223 e. The summed E-state index contributed by atoms with van der Waals surface area (Å²) in [4.78, 5) is 15.6. The normalized spacial score (nSPS) is 18.1. The molecule has 86 valence electrons. The van der Waals surface area contributed by atoms with Gasteiger partial charge in [-0.2, -0.15) is 4.39 Å². The Hall–Kier alpha value is -1.25. The number of nitrogens with zero attached hydrogens (tertiary/aromatic N) is 1. The predicted octanol–water partition coefficient (Wildman–Crippen LogP) is 3.37. The van der Waals surface area contributed by atoms with Gasteiger partial charge in [0.1, 0.15) is 0 Å². The molecular formula is C13H16FNO. The van der Waals surface area contributed by atoms with Gasteiger partial charge in [0.15, 0.2) is 5.78 Å². The molecule has 1 aliphatic rings. The zero-order valence-corrected chi connectivity index (χ0v) is 9.29. The van der Waals surface area contributed by atoms with Crippen molar-refractivity contribution >= 4 is 5.78 Å². The molecular weight excluding hydrogens is 205 g/mol. The topological polar surface area (TPSA) is 30.0 Å². The number of hydrogen-bond donors (Lipinski definition) is 0. The van der Waals surface area contributed by atoms with Gasteiger partial charge in [-0.1, -0.05) is 25.7 Å². The average Bonchev–Trinajstić information content (AvgIpc) is 2.57. The summed E-state index contributed by atoms with van der Waals surface area (Å²) in [5.41, 5.74) is 0.161. The Bertz CT molecular complexity index is 370. The summed E-state index contributed by atoms with van der Waals surface area (Å²) in [5.74, 6) is -0.689. The lowest BCUT2D eigenvalue weighted by molar-refractivity contribution is 0.0902. The molecule has 0 aliphatic heterocycles. The number of halogens is 1. The molecule has 1 saturated carbocycles. The first-order valence-electron chi connectivity index (χ1n) is 5.94. The third-order valence-corrected chi connectivity index (χ3v) is 3.25. The van der Waals surface area contributed by atoms with Crippen molar-refractivity contribution in [2.75, 3.05) is 0 Å². The number of carbonyl (C=O) groups excluding carboxylic acids is 1. The van der Waals surface area contributed by atoms with Crippen molar-refractivity contribution in [3.05, 3.63) is 29.8 Å². The SMILES string of the molecule is O=C(c1cccnc1F)C1CCCCCC1. The molecule has 0 aromatic carbocycles. The molecule has 2 nitrogen and oxygen atoms in total. The van der Waals surface area contributed by atoms with Gasteiger partial charge in [0.25, 0.3) is 0 Å². The lowest BCUT2D eigenvalue weighted by Crippen LogP contribution is -2.16. The highest BCUT2D eigenvalue weighted by Crippen LogP contribution is 2.26. The van der Waals surface area contributed by atoms with E-state index in [0.29, 0.717) is 0 Å². The fourth-order valence-corrected chi connectivity index (χ4v) is 2.33. The standard InChI is InChI=1S/C13H16FNO/c14-13-11(8-5-9-15-13)12(16)10-6-3-1-2-4-7-10/h5,8-10H,1-4,6-7H2. The molecule has 0 unspecified atom stereocenters. The minimum Gasteiger partial charge on any atom is -0.294 e. The molecule has 0 saturated heterocycles. The van der Waals surface area contributed by atoms with E-state index in [1.54, 1.807) is 6.07 Å². The van der Waals surface area contributed by atoms with Gasteiger partial charge in [0.05, 0.1) is 5.56 Å². The maximum absolute atomic E-state index is 13.4. The number of hydrogen-bond acceptors (Lipinski definition) is 2. The van der Waals surface area contributed by atoms with Gasteiger partial charge >= 0.3 is 0 Å². The molecule has 1 heterocycles. The summed E-state index contributed by atoms with van der Waals surface area (Å²) >= 11 is 0. The van der Waals surface area contributed by atoms with Crippen molar-refractivity contribution in [2.24, 2.45) is 5.92 Å². The number of pyridine rings is 1. The highest BCUT2D eigenvalue weighted by atomic mass is 19.1. The van der Waals surface area contributed by atoms with Crippen LogP contribution in [0.25, 0.3) is 0 Å². The lowest BCUT2D eigenvalue weighted by Gasteiger charge is -2.12. The number of aromatic nitrogens is 1. The Morgan fingerprint density at radius 2 is 1.94 bits per heavy atom. The Balaban J connectivity index is 2.14. The van der Waals surface area contributed by atoms with Gasteiger partial charge in [-0.15, -0.1) is 0 Å². The molecule has 2 rings (SSSR count). The number of ketones is 1. The van der Waals surface area contributed by atoms with E-state index in [1.807, 2.05) is 0 Å². The molecule has 0 N–H and O–H groups in total. The summed E-state index contributed by atoms with van der Waals surface area (Å²) in [6, 6.07) is 3.16. The van der Waals surface area contributed by atoms with Crippen LogP contribution in [-0.2, 0) is 0 Å². The summed E-state index contributed by atoms with van der Waals surface area (Å²) in [5, 5.41) is 0. The van der Waals surface area contributed by atoms with E-state index in [9.17, 15) is 9.18 Å². The lowest BCUT2D eigenvalue weighted by atomic mass is 9.92. The number of rotatable bonds is 2. The molecule has 0 bridgehead atoms. The molecule has 16 heavy (non-hydrogen) atoms. The average molecular weight is 221 g/mol. The molecule has 0 amide bonds. The van der Waals surface area contributed by atoms with Gasteiger partial charge in [0, 0.05) is 12.1 Å². The molecule has 1 aliphatic carbocycles. The largest absolute Gasteiger partial charge is 0.294 e. The van der Waals surface area contributed by atoms with E-state index < -0.39 is 5.95 Å². The molecule has 1 fully saturated rings. The number of carbonyl (C=O) groups is 1. The van der Waals surface area contributed by atoms with Crippen LogP contribution >= 0.6 is 0 Å². The first kappa shape index (κ1) is 11.2. The fourth-order valence-electron chi connectivity index (χ4n) is 2.33. The first-order chi connectivity index (χ1) is 7.79. The Kier molecular flexibility index (Phi) is 3.65. The van der Waals surface area contributed by atoms with Crippen molar-refractivity contribution in [2.45, 2.75) is 38.5 Å². The van der Waals surface area contributed by atoms with Crippen LogP contribution in [0, 0.1) is 11.9 Å².